The first-order chi connectivity index (χ1) is 32.9. The van der Waals surface area contributed by atoms with Gasteiger partial charge in [0, 0.05) is 73.2 Å². The third kappa shape index (κ3) is 6.44. The molecule has 10 aromatic carbocycles. The highest BCUT2D eigenvalue weighted by Crippen LogP contribution is 2.53. The molecule has 2 aromatic heterocycles. The van der Waals surface area contributed by atoms with Gasteiger partial charge in [-0.15, -0.1) is 0 Å². The predicted molar refractivity (Wildman–Crippen MR) is 279 cm³/mol. The summed E-state index contributed by atoms with van der Waals surface area (Å²) in [7, 11) is 0. The van der Waals surface area contributed by atoms with Crippen LogP contribution in [0, 0.1) is 0 Å². The number of hydrogen-bond acceptors (Lipinski definition) is 4. The second-order valence-electron chi connectivity index (χ2n) is 18.1. The summed E-state index contributed by atoms with van der Waals surface area (Å²) in [5, 5.41) is 4.43. The van der Waals surface area contributed by atoms with E-state index in [4.69, 9.17) is 8.83 Å². The van der Waals surface area contributed by atoms with Gasteiger partial charge >= 0.3 is 0 Å². The van der Waals surface area contributed by atoms with E-state index in [1.54, 1.807) is 0 Å². The van der Waals surface area contributed by atoms with Gasteiger partial charge in [-0.05, 0) is 129 Å². The van der Waals surface area contributed by atoms with E-state index < -0.39 is 0 Å². The van der Waals surface area contributed by atoms with Crippen LogP contribution in [0.25, 0.3) is 77.3 Å². The van der Waals surface area contributed by atoms with E-state index in [1.807, 2.05) is 24.3 Å². The van der Waals surface area contributed by atoms with Gasteiger partial charge in [-0.2, -0.15) is 0 Å². The van der Waals surface area contributed by atoms with E-state index in [2.05, 4.69) is 230 Å². The molecular weight excluding hydrogens is 817 g/mol. The Kier molecular flexibility index (Phi) is 8.84. The van der Waals surface area contributed by atoms with Crippen LogP contribution in [0.2, 0.25) is 0 Å². The lowest BCUT2D eigenvalue weighted by molar-refractivity contribution is 0.660. The molecule has 0 N–H and O–H groups in total. The average Bonchev–Trinajstić information content (AvgIpc) is 4.01. The summed E-state index contributed by atoms with van der Waals surface area (Å²) in [4.78, 5) is 4.71. The van der Waals surface area contributed by atoms with Crippen molar-refractivity contribution in [2.45, 2.75) is 19.3 Å². The summed E-state index contributed by atoms with van der Waals surface area (Å²) < 4.78 is 12.9. The van der Waals surface area contributed by atoms with Crippen molar-refractivity contribution in [1.82, 2.24) is 0 Å². The lowest BCUT2D eigenvalue weighted by Gasteiger charge is -2.29. The normalized spacial score (nSPS) is 12.7. The van der Waals surface area contributed by atoms with Crippen molar-refractivity contribution in [3.05, 3.63) is 242 Å². The quantitative estimate of drug-likeness (QED) is 0.152. The SMILES string of the molecule is CC1(C)c2cc(N(c3ccccc3)c3ccc(-c4ccc(-c5ccccc5)cc4)cc3)ccc2-c2ccc(N(c3ccc4c(c3)oc3ccccc34)c3ccc4c(c3)oc3ccccc34)cc21. The Morgan fingerprint density at radius 3 is 1.13 bits per heavy atom. The predicted octanol–water partition coefficient (Wildman–Crippen LogP) is 18.1. The molecule has 0 unspecified atom stereocenters. The van der Waals surface area contributed by atoms with E-state index in [-0.39, 0.29) is 5.41 Å². The number of fused-ring (bicyclic) bond motifs is 9. The monoisotopic (exact) mass is 860 g/mol. The van der Waals surface area contributed by atoms with Gasteiger partial charge in [0.2, 0.25) is 0 Å². The van der Waals surface area contributed by atoms with E-state index in [9.17, 15) is 0 Å². The van der Waals surface area contributed by atoms with Gasteiger partial charge in [0.1, 0.15) is 22.3 Å². The van der Waals surface area contributed by atoms with Crippen LogP contribution >= 0.6 is 0 Å². The number of hydrogen-bond donors (Lipinski definition) is 0. The zero-order valence-electron chi connectivity index (χ0n) is 37.2. The van der Waals surface area contributed by atoms with E-state index in [1.165, 1.54) is 44.5 Å². The molecule has 318 valence electrons. The molecule has 12 aromatic rings. The van der Waals surface area contributed by atoms with Crippen LogP contribution in [0.4, 0.5) is 34.1 Å². The molecule has 0 amide bonds. The average molecular weight is 861 g/mol. The molecule has 4 nitrogen and oxygen atoms in total. The van der Waals surface area contributed by atoms with E-state index in [0.29, 0.717) is 0 Å². The molecule has 0 saturated heterocycles. The summed E-state index contributed by atoms with van der Waals surface area (Å²) in [6.45, 7) is 4.72. The molecule has 1 aliphatic carbocycles. The Morgan fingerprint density at radius 2 is 0.627 bits per heavy atom. The Morgan fingerprint density at radius 1 is 0.284 bits per heavy atom. The maximum atomic E-state index is 6.46. The molecule has 0 fully saturated rings. The Balaban J connectivity index is 0.884. The van der Waals surface area contributed by atoms with E-state index >= 15 is 0 Å². The number of benzene rings is 10. The van der Waals surface area contributed by atoms with Crippen LogP contribution in [0.1, 0.15) is 25.0 Å². The maximum Gasteiger partial charge on any atom is 0.137 e. The topological polar surface area (TPSA) is 32.8 Å². The third-order valence-electron chi connectivity index (χ3n) is 13.9. The second kappa shape index (κ2) is 15.3. The summed E-state index contributed by atoms with van der Waals surface area (Å²) in [5.74, 6) is 0. The van der Waals surface area contributed by atoms with Crippen molar-refractivity contribution < 1.29 is 8.83 Å². The fourth-order valence-electron chi connectivity index (χ4n) is 10.5. The number of nitrogens with zero attached hydrogens (tertiary/aromatic N) is 2. The molecule has 0 aliphatic heterocycles. The minimum Gasteiger partial charge on any atom is -0.456 e. The first-order valence-corrected chi connectivity index (χ1v) is 23.0. The molecule has 2 heterocycles. The number of para-hydroxylation sites is 3. The molecule has 4 heteroatoms. The minimum atomic E-state index is -0.300. The molecule has 13 rings (SSSR count). The minimum absolute atomic E-state index is 0.300. The molecule has 1 aliphatic rings. The Labute approximate surface area is 389 Å². The zero-order chi connectivity index (χ0) is 44.6. The summed E-state index contributed by atoms with van der Waals surface area (Å²) in [6, 6.07) is 82.6. The van der Waals surface area contributed by atoms with Crippen molar-refractivity contribution in [3.63, 3.8) is 0 Å². The highest BCUT2D eigenvalue weighted by molar-refractivity contribution is 6.08. The number of anilines is 6. The lowest BCUT2D eigenvalue weighted by atomic mass is 9.82. The number of furan rings is 2. The van der Waals surface area contributed by atoms with Gasteiger partial charge in [0.05, 0.1) is 0 Å². The van der Waals surface area contributed by atoms with Crippen molar-refractivity contribution >= 4 is 78.0 Å². The van der Waals surface area contributed by atoms with Gasteiger partial charge in [-0.25, -0.2) is 0 Å². The smallest absolute Gasteiger partial charge is 0.137 e. The summed E-state index contributed by atoms with van der Waals surface area (Å²) in [6.07, 6.45) is 0. The summed E-state index contributed by atoms with van der Waals surface area (Å²) in [5.41, 5.74) is 19.5. The van der Waals surface area contributed by atoms with Crippen LogP contribution in [0.15, 0.2) is 239 Å². The van der Waals surface area contributed by atoms with Crippen LogP contribution < -0.4 is 9.80 Å². The first-order valence-electron chi connectivity index (χ1n) is 23.0. The van der Waals surface area contributed by atoms with Crippen molar-refractivity contribution in [2.75, 3.05) is 9.80 Å². The molecule has 0 bridgehead atoms. The van der Waals surface area contributed by atoms with E-state index in [0.717, 1.165) is 78.0 Å². The Hall–Kier alpha value is -8.60. The first kappa shape index (κ1) is 38.8. The van der Waals surface area contributed by atoms with Crippen LogP contribution in [0.3, 0.4) is 0 Å². The van der Waals surface area contributed by atoms with Gasteiger partial charge in [0.15, 0.2) is 0 Å². The van der Waals surface area contributed by atoms with Gasteiger partial charge in [-0.3, -0.25) is 0 Å². The molecule has 0 atom stereocenters. The van der Waals surface area contributed by atoms with Crippen LogP contribution in [-0.2, 0) is 5.41 Å². The fraction of sp³-hybridized carbons (Fsp3) is 0.0476. The fourth-order valence-corrected chi connectivity index (χ4v) is 10.5. The lowest BCUT2D eigenvalue weighted by Crippen LogP contribution is -2.17. The standard InChI is InChI=1S/C63H44N2O2/c1-63(2)57-37-47(64(45-15-7-4-8-16-45)46-27-25-44(26-28-46)43-23-21-42(22-24-43)41-13-5-3-6-14-41)29-33-51(57)52-34-30-48(38-58(52)63)65(49-31-35-55-53-17-9-11-19-59(53)66-61(55)39-49)50-32-36-56-54-18-10-12-20-60(54)67-62(56)40-50/h3-40H,1-2H3. The largest absolute Gasteiger partial charge is 0.456 e. The van der Waals surface area contributed by atoms with Crippen molar-refractivity contribution in [2.24, 2.45) is 0 Å². The van der Waals surface area contributed by atoms with Crippen molar-refractivity contribution in [1.29, 1.82) is 0 Å². The maximum absolute atomic E-state index is 6.46. The highest BCUT2D eigenvalue weighted by atomic mass is 16.3. The Bertz CT molecular complexity index is 3710. The van der Waals surface area contributed by atoms with Crippen molar-refractivity contribution in [3.8, 4) is 33.4 Å². The van der Waals surface area contributed by atoms with Crippen LogP contribution in [0.5, 0.6) is 0 Å². The number of rotatable bonds is 8. The van der Waals surface area contributed by atoms with Gasteiger partial charge < -0.3 is 18.6 Å². The molecular formula is C63H44N2O2. The third-order valence-corrected chi connectivity index (χ3v) is 13.9. The van der Waals surface area contributed by atoms with Crippen LogP contribution in [-0.4, -0.2) is 0 Å². The van der Waals surface area contributed by atoms with Gasteiger partial charge in [0.25, 0.3) is 0 Å². The molecule has 0 radical (unpaired) electrons. The zero-order valence-corrected chi connectivity index (χ0v) is 37.2. The molecule has 0 saturated carbocycles. The molecule has 67 heavy (non-hydrogen) atoms. The molecule has 0 spiro atoms. The second-order valence-corrected chi connectivity index (χ2v) is 18.1. The highest BCUT2D eigenvalue weighted by Gasteiger charge is 2.37. The summed E-state index contributed by atoms with van der Waals surface area (Å²) >= 11 is 0. The van der Waals surface area contributed by atoms with Gasteiger partial charge in [-0.1, -0.05) is 147 Å².